The minimum absolute atomic E-state index is 0.0894. The first-order valence-corrected chi connectivity index (χ1v) is 6.58. The summed E-state index contributed by atoms with van der Waals surface area (Å²) in [6.07, 6.45) is 0.569. The van der Waals surface area contributed by atoms with E-state index in [1.165, 1.54) is 11.3 Å². The summed E-state index contributed by atoms with van der Waals surface area (Å²) in [5.41, 5.74) is 2.17. The molecule has 1 amide bonds. The second kappa shape index (κ2) is 3.28. The Morgan fingerprint density at radius 2 is 1.94 bits per heavy atom. The largest absolute Gasteiger partial charge is 0.345 e. The van der Waals surface area contributed by atoms with Crippen molar-refractivity contribution in [2.75, 3.05) is 4.90 Å². The Labute approximate surface area is 108 Å². The maximum Gasteiger partial charge on any atom is 0.223 e. The highest BCUT2D eigenvalue weighted by Crippen LogP contribution is 2.52. The van der Waals surface area contributed by atoms with E-state index in [1.54, 1.807) is 0 Å². The Morgan fingerprint density at radius 1 is 1.28 bits per heavy atom. The lowest BCUT2D eigenvalue weighted by atomic mass is 9.75. The zero-order chi connectivity index (χ0) is 13.1. The van der Waals surface area contributed by atoms with Crippen molar-refractivity contribution in [2.24, 2.45) is 0 Å². The SMILES string of the molecule is CC1CC(=O)NC2(C)N1c1ccccc1C2(C)C. The number of rotatable bonds is 0. The minimum atomic E-state index is -0.328. The molecule has 0 radical (unpaired) electrons. The summed E-state index contributed by atoms with van der Waals surface area (Å²) in [6.45, 7) is 8.70. The first kappa shape index (κ1) is 11.6. The highest BCUT2D eigenvalue weighted by Gasteiger charge is 2.57. The Kier molecular flexibility index (Phi) is 2.11. The number of nitrogens with zero attached hydrogens (tertiary/aromatic N) is 1. The fraction of sp³-hybridized carbons (Fsp3) is 0.533. The monoisotopic (exact) mass is 244 g/mol. The fourth-order valence-electron chi connectivity index (χ4n) is 3.59. The second-order valence-electron chi connectivity index (χ2n) is 6.19. The Bertz CT molecular complexity index is 523. The van der Waals surface area contributed by atoms with Gasteiger partial charge in [0.05, 0.1) is 0 Å². The lowest BCUT2D eigenvalue weighted by Crippen LogP contribution is -2.70. The van der Waals surface area contributed by atoms with Gasteiger partial charge in [-0.3, -0.25) is 4.79 Å². The van der Waals surface area contributed by atoms with Crippen LogP contribution in [0.4, 0.5) is 5.69 Å². The summed E-state index contributed by atoms with van der Waals surface area (Å²) in [4.78, 5) is 14.3. The van der Waals surface area contributed by atoms with Crippen LogP contribution >= 0.6 is 0 Å². The van der Waals surface area contributed by atoms with Gasteiger partial charge >= 0.3 is 0 Å². The van der Waals surface area contributed by atoms with E-state index in [9.17, 15) is 4.79 Å². The molecule has 1 aromatic carbocycles. The number of hydrogen-bond acceptors (Lipinski definition) is 2. The smallest absolute Gasteiger partial charge is 0.223 e. The van der Waals surface area contributed by atoms with Crippen LogP contribution in [0.3, 0.4) is 0 Å². The molecular formula is C15H20N2O. The van der Waals surface area contributed by atoms with E-state index in [1.807, 2.05) is 0 Å². The molecule has 18 heavy (non-hydrogen) atoms. The number of para-hydroxylation sites is 1. The first-order chi connectivity index (χ1) is 8.38. The second-order valence-corrected chi connectivity index (χ2v) is 6.19. The van der Waals surface area contributed by atoms with Crippen molar-refractivity contribution >= 4 is 11.6 Å². The average molecular weight is 244 g/mol. The van der Waals surface area contributed by atoms with Crippen molar-refractivity contribution in [2.45, 2.75) is 51.2 Å². The number of nitrogens with one attached hydrogen (secondary N) is 1. The molecule has 2 atom stereocenters. The molecule has 2 heterocycles. The van der Waals surface area contributed by atoms with Gasteiger partial charge < -0.3 is 10.2 Å². The molecule has 1 N–H and O–H groups in total. The average Bonchev–Trinajstić information content (AvgIpc) is 2.44. The number of amides is 1. The van der Waals surface area contributed by atoms with E-state index in [2.05, 4.69) is 62.2 Å². The van der Waals surface area contributed by atoms with Crippen LogP contribution in [0.2, 0.25) is 0 Å². The number of carbonyl (C=O) groups excluding carboxylic acids is 1. The van der Waals surface area contributed by atoms with E-state index < -0.39 is 0 Å². The van der Waals surface area contributed by atoms with Crippen LogP contribution in [-0.4, -0.2) is 17.6 Å². The predicted molar refractivity (Wildman–Crippen MR) is 72.6 cm³/mol. The van der Waals surface area contributed by atoms with E-state index >= 15 is 0 Å². The lowest BCUT2D eigenvalue weighted by molar-refractivity contribution is -0.126. The molecule has 1 fully saturated rings. The van der Waals surface area contributed by atoms with Gasteiger partial charge in [-0.2, -0.15) is 0 Å². The minimum Gasteiger partial charge on any atom is -0.345 e. The third-order valence-corrected chi connectivity index (χ3v) is 4.84. The Hall–Kier alpha value is -1.51. The van der Waals surface area contributed by atoms with Gasteiger partial charge in [-0.15, -0.1) is 0 Å². The maximum absolute atomic E-state index is 11.9. The fourth-order valence-corrected chi connectivity index (χ4v) is 3.59. The van der Waals surface area contributed by atoms with Crippen molar-refractivity contribution < 1.29 is 4.79 Å². The number of fused-ring (bicyclic) bond motifs is 3. The van der Waals surface area contributed by atoms with Crippen LogP contribution in [0.15, 0.2) is 24.3 Å². The van der Waals surface area contributed by atoms with Gasteiger partial charge in [0, 0.05) is 23.6 Å². The van der Waals surface area contributed by atoms with Crippen LogP contribution in [0.25, 0.3) is 0 Å². The third-order valence-electron chi connectivity index (χ3n) is 4.84. The van der Waals surface area contributed by atoms with Gasteiger partial charge in [-0.25, -0.2) is 0 Å². The molecule has 0 spiro atoms. The van der Waals surface area contributed by atoms with Crippen LogP contribution in [0.5, 0.6) is 0 Å². The molecule has 2 aliphatic rings. The topological polar surface area (TPSA) is 32.3 Å². The van der Waals surface area contributed by atoms with E-state index in [0.717, 1.165) is 0 Å². The first-order valence-electron chi connectivity index (χ1n) is 6.58. The molecule has 3 rings (SSSR count). The van der Waals surface area contributed by atoms with Gasteiger partial charge in [-0.05, 0) is 25.5 Å². The van der Waals surface area contributed by atoms with Crippen LogP contribution in [-0.2, 0) is 10.2 Å². The van der Waals surface area contributed by atoms with Gasteiger partial charge in [0.2, 0.25) is 5.91 Å². The van der Waals surface area contributed by atoms with E-state index in [-0.39, 0.29) is 23.0 Å². The Morgan fingerprint density at radius 3 is 2.67 bits per heavy atom. The molecule has 3 heteroatoms. The molecule has 1 saturated heterocycles. The highest BCUT2D eigenvalue weighted by molar-refractivity contribution is 5.83. The van der Waals surface area contributed by atoms with Crippen LogP contribution < -0.4 is 10.2 Å². The van der Waals surface area contributed by atoms with E-state index in [0.29, 0.717) is 6.42 Å². The molecule has 96 valence electrons. The summed E-state index contributed by atoms with van der Waals surface area (Å²) in [5, 5.41) is 3.21. The summed E-state index contributed by atoms with van der Waals surface area (Å²) in [7, 11) is 0. The van der Waals surface area contributed by atoms with Crippen molar-refractivity contribution in [1.29, 1.82) is 0 Å². The van der Waals surface area contributed by atoms with Crippen molar-refractivity contribution in [3.63, 3.8) is 0 Å². The molecule has 0 bridgehead atoms. The molecule has 3 nitrogen and oxygen atoms in total. The van der Waals surface area contributed by atoms with Crippen molar-refractivity contribution in [3.8, 4) is 0 Å². The quantitative estimate of drug-likeness (QED) is 0.760. The zero-order valence-electron chi connectivity index (χ0n) is 11.4. The molecule has 0 saturated carbocycles. The number of benzene rings is 1. The number of hydrogen-bond donors (Lipinski definition) is 1. The van der Waals surface area contributed by atoms with Crippen molar-refractivity contribution in [3.05, 3.63) is 29.8 Å². The predicted octanol–water partition coefficient (Wildman–Crippen LogP) is 2.41. The summed E-state index contributed by atoms with van der Waals surface area (Å²) >= 11 is 0. The van der Waals surface area contributed by atoms with Gasteiger partial charge in [0.15, 0.2) is 0 Å². The zero-order valence-corrected chi connectivity index (χ0v) is 11.4. The molecule has 0 aliphatic carbocycles. The highest BCUT2D eigenvalue weighted by atomic mass is 16.2. The molecular weight excluding hydrogens is 224 g/mol. The maximum atomic E-state index is 11.9. The number of carbonyl (C=O) groups is 1. The van der Waals surface area contributed by atoms with E-state index in [4.69, 9.17) is 0 Å². The molecule has 0 aromatic heterocycles. The standard InChI is InChI=1S/C15H20N2O/c1-10-9-13(18)16-15(4)14(2,3)11-7-5-6-8-12(11)17(10)15/h5-8,10H,9H2,1-4H3,(H,16,18). The van der Waals surface area contributed by atoms with Crippen LogP contribution in [0, 0.1) is 0 Å². The van der Waals surface area contributed by atoms with Gasteiger partial charge in [0.25, 0.3) is 0 Å². The van der Waals surface area contributed by atoms with Crippen molar-refractivity contribution in [1.82, 2.24) is 5.32 Å². The summed E-state index contributed by atoms with van der Waals surface area (Å²) in [6, 6.07) is 8.74. The molecule has 2 aliphatic heterocycles. The van der Waals surface area contributed by atoms with Crippen LogP contribution in [0.1, 0.15) is 39.7 Å². The summed E-state index contributed by atoms with van der Waals surface area (Å²) < 4.78 is 0. The normalized spacial score (nSPS) is 32.8. The van der Waals surface area contributed by atoms with Gasteiger partial charge in [0.1, 0.15) is 5.66 Å². The number of anilines is 1. The third kappa shape index (κ3) is 1.17. The van der Waals surface area contributed by atoms with Gasteiger partial charge in [-0.1, -0.05) is 32.0 Å². The Balaban J connectivity index is 2.24. The molecule has 2 unspecified atom stereocenters. The molecule has 1 aromatic rings. The lowest BCUT2D eigenvalue weighted by Gasteiger charge is -2.51. The summed E-state index contributed by atoms with van der Waals surface area (Å²) in [5.74, 6) is 0.155.